The van der Waals surface area contributed by atoms with Gasteiger partial charge < -0.3 is 14.8 Å². The Kier molecular flexibility index (Phi) is 5.84. The van der Waals surface area contributed by atoms with Crippen LogP contribution >= 0.6 is 11.6 Å². The second kappa shape index (κ2) is 7.41. The molecular weight excluding hydrogens is 278 g/mol. The Labute approximate surface area is 125 Å². The molecule has 0 saturated carbocycles. The van der Waals surface area contributed by atoms with Gasteiger partial charge in [-0.25, -0.2) is 4.98 Å². The lowest BCUT2D eigenvalue weighted by Gasteiger charge is -2.28. The van der Waals surface area contributed by atoms with Gasteiger partial charge in [0.05, 0.1) is 31.1 Å². The summed E-state index contributed by atoms with van der Waals surface area (Å²) in [7, 11) is 0. The fourth-order valence-electron chi connectivity index (χ4n) is 2.55. The van der Waals surface area contributed by atoms with Gasteiger partial charge in [-0.1, -0.05) is 31.9 Å². The van der Waals surface area contributed by atoms with Crippen molar-refractivity contribution in [1.29, 1.82) is 0 Å². The Hall–Kier alpha value is -0.620. The van der Waals surface area contributed by atoms with E-state index >= 15 is 0 Å². The summed E-state index contributed by atoms with van der Waals surface area (Å²) in [4.78, 5) is 9.86. The summed E-state index contributed by atoms with van der Waals surface area (Å²) >= 11 is 6.21. The SMILES string of the molecule is CCCCc1nc(Cl)c(CN(CC)[C@@H]2COC[C@H]2O)[nH]1. The highest BCUT2D eigenvalue weighted by atomic mass is 35.5. The van der Waals surface area contributed by atoms with Crippen LogP contribution in [0.3, 0.4) is 0 Å². The van der Waals surface area contributed by atoms with Crippen molar-refractivity contribution in [3.63, 3.8) is 0 Å². The number of ether oxygens (including phenoxy) is 1. The van der Waals surface area contributed by atoms with E-state index in [0.29, 0.717) is 24.9 Å². The Balaban J connectivity index is 2.01. The van der Waals surface area contributed by atoms with Crippen LogP contribution < -0.4 is 0 Å². The van der Waals surface area contributed by atoms with Gasteiger partial charge in [0.1, 0.15) is 5.82 Å². The second-order valence-electron chi connectivity index (χ2n) is 5.29. The first-order valence-electron chi connectivity index (χ1n) is 7.38. The minimum Gasteiger partial charge on any atom is -0.389 e. The van der Waals surface area contributed by atoms with Crippen molar-refractivity contribution >= 4 is 11.6 Å². The summed E-state index contributed by atoms with van der Waals surface area (Å²) in [5.41, 5.74) is 0.929. The zero-order chi connectivity index (χ0) is 14.5. The van der Waals surface area contributed by atoms with Crippen LogP contribution in [0.5, 0.6) is 0 Å². The molecule has 2 rings (SSSR count). The van der Waals surface area contributed by atoms with E-state index in [1.165, 1.54) is 0 Å². The molecule has 2 atom stereocenters. The molecule has 1 fully saturated rings. The molecule has 114 valence electrons. The quantitative estimate of drug-likeness (QED) is 0.808. The van der Waals surface area contributed by atoms with Crippen LogP contribution in [0.2, 0.25) is 5.15 Å². The van der Waals surface area contributed by atoms with Crippen LogP contribution in [-0.2, 0) is 17.7 Å². The number of hydrogen-bond acceptors (Lipinski definition) is 4. The number of aromatic amines is 1. The van der Waals surface area contributed by atoms with Gasteiger partial charge in [0, 0.05) is 13.0 Å². The summed E-state index contributed by atoms with van der Waals surface area (Å²) in [6, 6.07) is 0.0402. The lowest BCUT2D eigenvalue weighted by atomic mass is 10.1. The highest BCUT2D eigenvalue weighted by Gasteiger charge is 2.31. The van der Waals surface area contributed by atoms with Crippen LogP contribution in [0.4, 0.5) is 0 Å². The minimum absolute atomic E-state index is 0.0402. The number of halogens is 1. The van der Waals surface area contributed by atoms with E-state index in [2.05, 4.69) is 28.7 Å². The third-order valence-corrected chi connectivity index (χ3v) is 4.11. The highest BCUT2D eigenvalue weighted by molar-refractivity contribution is 6.30. The van der Waals surface area contributed by atoms with Gasteiger partial charge in [-0.15, -0.1) is 0 Å². The third kappa shape index (κ3) is 3.73. The molecule has 0 aromatic carbocycles. The monoisotopic (exact) mass is 301 g/mol. The first-order chi connectivity index (χ1) is 9.65. The fraction of sp³-hybridized carbons (Fsp3) is 0.786. The molecule has 1 aromatic heterocycles. The largest absolute Gasteiger partial charge is 0.389 e. The molecule has 1 saturated heterocycles. The molecule has 0 spiro atoms. The molecule has 1 aromatic rings. The molecule has 2 N–H and O–H groups in total. The standard InChI is InChI=1S/C14H24ClN3O2/c1-3-5-6-13-16-10(14(15)17-13)7-18(4-2)11-8-20-9-12(11)19/h11-12,19H,3-9H2,1-2H3,(H,16,17)/t11-,12-/m1/s1. The first kappa shape index (κ1) is 15.8. The van der Waals surface area contributed by atoms with E-state index in [0.717, 1.165) is 37.3 Å². The topological polar surface area (TPSA) is 61.4 Å². The van der Waals surface area contributed by atoms with E-state index in [1.807, 2.05) is 0 Å². The predicted molar refractivity (Wildman–Crippen MR) is 78.9 cm³/mol. The summed E-state index contributed by atoms with van der Waals surface area (Å²) in [5.74, 6) is 0.950. The third-order valence-electron chi connectivity index (χ3n) is 3.80. The highest BCUT2D eigenvalue weighted by Crippen LogP contribution is 2.20. The van der Waals surface area contributed by atoms with Gasteiger partial charge in [-0.05, 0) is 13.0 Å². The number of H-pyrrole nitrogens is 1. The van der Waals surface area contributed by atoms with Crippen molar-refractivity contribution in [2.45, 2.75) is 51.8 Å². The maximum atomic E-state index is 9.93. The molecule has 0 bridgehead atoms. The number of unbranched alkanes of at least 4 members (excludes halogenated alkanes) is 1. The second-order valence-corrected chi connectivity index (χ2v) is 5.65. The molecule has 5 nitrogen and oxygen atoms in total. The molecule has 0 aliphatic carbocycles. The van der Waals surface area contributed by atoms with Gasteiger partial charge in [-0.2, -0.15) is 0 Å². The normalized spacial score (nSPS) is 22.9. The number of hydrogen-bond donors (Lipinski definition) is 2. The van der Waals surface area contributed by atoms with Crippen LogP contribution in [0, 0.1) is 0 Å². The lowest BCUT2D eigenvalue weighted by molar-refractivity contribution is 0.0802. The van der Waals surface area contributed by atoms with Crippen molar-refractivity contribution < 1.29 is 9.84 Å². The van der Waals surface area contributed by atoms with Crippen molar-refractivity contribution in [2.24, 2.45) is 0 Å². The van der Waals surface area contributed by atoms with Crippen molar-refractivity contribution in [3.8, 4) is 0 Å². The lowest BCUT2D eigenvalue weighted by Crippen LogP contribution is -2.42. The van der Waals surface area contributed by atoms with Gasteiger partial charge in [0.25, 0.3) is 0 Å². The smallest absolute Gasteiger partial charge is 0.151 e. The number of aliphatic hydroxyl groups is 1. The van der Waals surface area contributed by atoms with Gasteiger partial charge in [-0.3, -0.25) is 4.90 Å². The molecule has 0 unspecified atom stereocenters. The zero-order valence-corrected chi connectivity index (χ0v) is 13.0. The van der Waals surface area contributed by atoms with Crippen molar-refractivity contribution in [3.05, 3.63) is 16.7 Å². The molecule has 1 aliphatic heterocycles. The fourth-order valence-corrected chi connectivity index (χ4v) is 2.76. The molecule has 0 radical (unpaired) electrons. The van der Waals surface area contributed by atoms with Crippen molar-refractivity contribution in [1.82, 2.24) is 14.9 Å². The number of nitrogens with one attached hydrogen (secondary N) is 1. The average molecular weight is 302 g/mol. The summed E-state index contributed by atoms with van der Waals surface area (Å²) < 4.78 is 5.33. The number of aryl methyl sites for hydroxylation is 1. The average Bonchev–Trinajstić information content (AvgIpc) is 3.00. The molecule has 20 heavy (non-hydrogen) atoms. The van der Waals surface area contributed by atoms with Crippen LogP contribution in [0.1, 0.15) is 38.2 Å². The van der Waals surface area contributed by atoms with Crippen LogP contribution in [0.15, 0.2) is 0 Å². The predicted octanol–water partition coefficient (Wildman–Crippen LogP) is 1.99. The summed E-state index contributed by atoms with van der Waals surface area (Å²) in [6.07, 6.45) is 2.75. The maximum Gasteiger partial charge on any atom is 0.151 e. The van der Waals surface area contributed by atoms with Crippen molar-refractivity contribution in [2.75, 3.05) is 19.8 Å². The van der Waals surface area contributed by atoms with Gasteiger partial charge in [0.2, 0.25) is 0 Å². The molecule has 0 amide bonds. The van der Waals surface area contributed by atoms with E-state index in [4.69, 9.17) is 16.3 Å². The van der Waals surface area contributed by atoms with E-state index in [9.17, 15) is 5.11 Å². The Morgan fingerprint density at radius 1 is 1.45 bits per heavy atom. The zero-order valence-electron chi connectivity index (χ0n) is 12.2. The minimum atomic E-state index is -0.420. The Morgan fingerprint density at radius 2 is 2.25 bits per heavy atom. The number of rotatable bonds is 7. The van der Waals surface area contributed by atoms with Crippen LogP contribution in [0.25, 0.3) is 0 Å². The van der Waals surface area contributed by atoms with Gasteiger partial charge in [0.15, 0.2) is 5.15 Å². The molecular formula is C14H24ClN3O2. The number of aliphatic hydroxyl groups excluding tert-OH is 1. The number of imidazole rings is 1. The van der Waals surface area contributed by atoms with E-state index < -0.39 is 6.10 Å². The van der Waals surface area contributed by atoms with E-state index in [-0.39, 0.29) is 6.04 Å². The first-order valence-corrected chi connectivity index (χ1v) is 7.76. The maximum absolute atomic E-state index is 9.93. The van der Waals surface area contributed by atoms with Crippen LogP contribution in [-0.4, -0.2) is 51.9 Å². The Morgan fingerprint density at radius 3 is 2.85 bits per heavy atom. The molecule has 2 heterocycles. The van der Waals surface area contributed by atoms with E-state index in [1.54, 1.807) is 0 Å². The summed E-state index contributed by atoms with van der Waals surface area (Å²) in [5, 5.41) is 10.5. The number of likely N-dealkylation sites (N-methyl/N-ethyl adjacent to an activating group) is 1. The number of aromatic nitrogens is 2. The van der Waals surface area contributed by atoms with Gasteiger partial charge >= 0.3 is 0 Å². The molecule has 1 aliphatic rings. The number of nitrogens with zero attached hydrogens (tertiary/aromatic N) is 2. The Bertz CT molecular complexity index is 425. The summed E-state index contributed by atoms with van der Waals surface area (Å²) in [6.45, 7) is 6.73. The molecule has 6 heteroatoms.